The van der Waals surface area contributed by atoms with E-state index in [9.17, 15) is 14.7 Å². The molecule has 1 amide bonds. The molecule has 1 aromatic rings. The van der Waals surface area contributed by atoms with Gasteiger partial charge in [0.2, 0.25) is 0 Å². The molecule has 2 atom stereocenters. The zero-order chi connectivity index (χ0) is 17.2. The van der Waals surface area contributed by atoms with Crippen LogP contribution in [0.15, 0.2) is 24.3 Å². The lowest BCUT2D eigenvalue weighted by Gasteiger charge is -2.39. The highest BCUT2D eigenvalue weighted by Crippen LogP contribution is 2.34. The number of carbonyl (C=O) groups excluding carboxylic acids is 1. The molecule has 5 nitrogen and oxygen atoms in total. The fraction of sp³-hybridized carbons (Fsp3) is 0.556. The van der Waals surface area contributed by atoms with Crippen LogP contribution in [0.2, 0.25) is 0 Å². The number of carboxylic acid groups (broad SMARTS) is 1. The number of carbonyl (C=O) groups is 2. The second-order valence-electron chi connectivity index (χ2n) is 7.12. The van der Waals surface area contributed by atoms with Crippen molar-refractivity contribution in [1.82, 2.24) is 4.90 Å². The van der Waals surface area contributed by atoms with Crippen LogP contribution in [0.25, 0.3) is 0 Å². The van der Waals surface area contributed by atoms with Gasteiger partial charge in [-0.05, 0) is 46.1 Å². The quantitative estimate of drug-likeness (QED) is 0.905. The summed E-state index contributed by atoms with van der Waals surface area (Å²) in [7, 11) is 0. The maximum absolute atomic E-state index is 12.4. The van der Waals surface area contributed by atoms with Crippen molar-refractivity contribution in [2.24, 2.45) is 0 Å². The van der Waals surface area contributed by atoms with Crippen LogP contribution in [0.5, 0.6) is 0 Å². The van der Waals surface area contributed by atoms with E-state index < -0.39 is 23.7 Å². The number of carboxylic acids is 1. The van der Waals surface area contributed by atoms with Crippen LogP contribution >= 0.6 is 0 Å². The number of aliphatic carboxylic acids is 1. The zero-order valence-corrected chi connectivity index (χ0v) is 14.2. The highest BCUT2D eigenvalue weighted by molar-refractivity contribution is 5.81. The van der Waals surface area contributed by atoms with Gasteiger partial charge in [0.25, 0.3) is 0 Å². The summed E-state index contributed by atoms with van der Waals surface area (Å²) in [5.41, 5.74) is 1.44. The molecule has 0 unspecified atom stereocenters. The third kappa shape index (κ3) is 4.24. The molecule has 0 aliphatic carbocycles. The Hall–Kier alpha value is -2.04. The van der Waals surface area contributed by atoms with E-state index >= 15 is 0 Å². The lowest BCUT2D eigenvalue weighted by molar-refractivity contribution is -0.145. The van der Waals surface area contributed by atoms with Crippen LogP contribution in [0.3, 0.4) is 0 Å². The molecule has 1 aliphatic rings. The summed E-state index contributed by atoms with van der Waals surface area (Å²) in [6.07, 6.45) is 0.961. The van der Waals surface area contributed by atoms with E-state index in [0.29, 0.717) is 6.54 Å². The molecule has 1 aromatic carbocycles. The Morgan fingerprint density at radius 2 is 1.83 bits per heavy atom. The Morgan fingerprint density at radius 1 is 1.22 bits per heavy atom. The van der Waals surface area contributed by atoms with E-state index in [1.165, 1.54) is 4.90 Å². The maximum atomic E-state index is 12.4. The molecular formula is C18H25NO4. The monoisotopic (exact) mass is 319 g/mol. The average molecular weight is 319 g/mol. The minimum atomic E-state index is -0.985. The number of likely N-dealkylation sites (tertiary alicyclic amines) is 1. The van der Waals surface area contributed by atoms with Gasteiger partial charge in [-0.15, -0.1) is 0 Å². The Balaban J connectivity index is 2.28. The Morgan fingerprint density at radius 3 is 2.35 bits per heavy atom. The molecular weight excluding hydrogens is 294 g/mol. The molecule has 1 fully saturated rings. The van der Waals surface area contributed by atoms with Crippen molar-refractivity contribution >= 4 is 12.1 Å². The van der Waals surface area contributed by atoms with Gasteiger partial charge in [-0.3, -0.25) is 4.90 Å². The second kappa shape index (κ2) is 6.60. The first-order chi connectivity index (χ1) is 10.7. The Labute approximate surface area is 137 Å². The summed E-state index contributed by atoms with van der Waals surface area (Å²) in [6.45, 7) is 7.74. The highest BCUT2D eigenvalue weighted by atomic mass is 16.6. The van der Waals surface area contributed by atoms with E-state index in [1.807, 2.05) is 31.2 Å². The summed E-state index contributed by atoms with van der Waals surface area (Å²) in [4.78, 5) is 25.6. The predicted molar refractivity (Wildman–Crippen MR) is 87.5 cm³/mol. The van der Waals surface area contributed by atoms with Crippen LogP contribution in [-0.2, 0) is 9.53 Å². The van der Waals surface area contributed by atoms with Crippen LogP contribution < -0.4 is 0 Å². The number of hydrogen-bond donors (Lipinski definition) is 1. The largest absolute Gasteiger partial charge is 0.480 e. The van der Waals surface area contributed by atoms with Crippen molar-refractivity contribution < 1.29 is 19.4 Å². The van der Waals surface area contributed by atoms with Gasteiger partial charge >= 0.3 is 12.1 Å². The number of piperidine rings is 1. The third-order valence-electron chi connectivity index (χ3n) is 4.02. The van der Waals surface area contributed by atoms with Crippen LogP contribution in [-0.4, -0.2) is 40.3 Å². The van der Waals surface area contributed by atoms with E-state index in [4.69, 9.17) is 4.74 Å². The van der Waals surface area contributed by atoms with Gasteiger partial charge in [-0.2, -0.15) is 0 Å². The summed E-state index contributed by atoms with van der Waals surface area (Å²) in [5.74, 6) is -1.20. The van der Waals surface area contributed by atoms with Gasteiger partial charge in [0.15, 0.2) is 0 Å². The minimum absolute atomic E-state index is 0.214. The van der Waals surface area contributed by atoms with Crippen molar-refractivity contribution in [2.75, 3.05) is 6.54 Å². The first kappa shape index (κ1) is 17.3. The molecule has 1 aliphatic heterocycles. The van der Waals surface area contributed by atoms with Crippen molar-refractivity contribution in [3.05, 3.63) is 35.4 Å². The van der Waals surface area contributed by atoms with Crippen LogP contribution in [0, 0.1) is 6.92 Å². The molecule has 0 aromatic heterocycles. The molecule has 0 spiro atoms. The van der Waals surface area contributed by atoms with E-state index in [1.54, 1.807) is 20.8 Å². The number of amides is 1. The SMILES string of the molecule is Cc1ccc([C@@H]2CCCN(C(=O)OC(C)(C)C)[C@H]2C(=O)O)cc1. The number of hydrogen-bond acceptors (Lipinski definition) is 3. The van der Waals surface area contributed by atoms with Crippen molar-refractivity contribution in [2.45, 2.75) is 58.1 Å². The fourth-order valence-electron chi connectivity index (χ4n) is 2.99. The van der Waals surface area contributed by atoms with Crippen LogP contribution in [0.4, 0.5) is 4.79 Å². The van der Waals surface area contributed by atoms with Gasteiger partial charge in [-0.25, -0.2) is 9.59 Å². The predicted octanol–water partition coefficient (Wildman–Crippen LogP) is 3.56. The fourth-order valence-corrected chi connectivity index (χ4v) is 2.99. The molecule has 0 saturated carbocycles. The summed E-state index contributed by atoms with van der Waals surface area (Å²) >= 11 is 0. The minimum Gasteiger partial charge on any atom is -0.480 e. The molecule has 1 saturated heterocycles. The smallest absolute Gasteiger partial charge is 0.411 e. The number of ether oxygens (including phenoxy) is 1. The number of nitrogens with zero attached hydrogens (tertiary/aromatic N) is 1. The van der Waals surface area contributed by atoms with E-state index in [-0.39, 0.29) is 5.92 Å². The molecule has 0 bridgehead atoms. The average Bonchev–Trinajstić information content (AvgIpc) is 2.45. The summed E-state index contributed by atoms with van der Waals surface area (Å²) in [5, 5.41) is 9.69. The molecule has 1 N–H and O–H groups in total. The van der Waals surface area contributed by atoms with Gasteiger partial charge < -0.3 is 9.84 Å². The highest BCUT2D eigenvalue weighted by Gasteiger charge is 2.41. The Bertz CT molecular complexity index is 574. The van der Waals surface area contributed by atoms with Crippen molar-refractivity contribution in [3.63, 3.8) is 0 Å². The molecule has 5 heteroatoms. The topological polar surface area (TPSA) is 66.8 Å². The maximum Gasteiger partial charge on any atom is 0.411 e. The van der Waals surface area contributed by atoms with E-state index in [0.717, 1.165) is 24.0 Å². The van der Waals surface area contributed by atoms with Gasteiger partial charge in [0.05, 0.1) is 0 Å². The summed E-state index contributed by atoms with van der Waals surface area (Å²) in [6, 6.07) is 6.96. The molecule has 0 radical (unpaired) electrons. The van der Waals surface area contributed by atoms with Gasteiger partial charge in [-0.1, -0.05) is 29.8 Å². The Kier molecular flexibility index (Phi) is 4.97. The molecule has 1 heterocycles. The molecule has 2 rings (SSSR count). The van der Waals surface area contributed by atoms with Gasteiger partial charge in [0.1, 0.15) is 11.6 Å². The second-order valence-corrected chi connectivity index (χ2v) is 7.12. The number of rotatable bonds is 2. The zero-order valence-electron chi connectivity index (χ0n) is 14.2. The van der Waals surface area contributed by atoms with Gasteiger partial charge in [0, 0.05) is 12.5 Å². The first-order valence-corrected chi connectivity index (χ1v) is 7.98. The molecule has 126 valence electrons. The summed E-state index contributed by atoms with van der Waals surface area (Å²) < 4.78 is 5.38. The third-order valence-corrected chi connectivity index (χ3v) is 4.02. The number of aryl methyl sites for hydroxylation is 1. The van der Waals surface area contributed by atoms with E-state index in [2.05, 4.69) is 0 Å². The van der Waals surface area contributed by atoms with Crippen molar-refractivity contribution in [1.29, 1.82) is 0 Å². The molecule has 23 heavy (non-hydrogen) atoms. The van der Waals surface area contributed by atoms with Crippen molar-refractivity contribution in [3.8, 4) is 0 Å². The standard InChI is InChI=1S/C18H25NO4/c1-12-7-9-13(10-8-12)14-6-5-11-19(15(14)16(20)21)17(22)23-18(2,3)4/h7-10,14-15H,5-6,11H2,1-4H3,(H,20,21)/t14-,15+/m0/s1. The lowest BCUT2D eigenvalue weighted by atomic mass is 9.83. The normalized spacial score (nSPS) is 21.8. The van der Waals surface area contributed by atoms with Crippen LogP contribution in [0.1, 0.15) is 50.7 Å². The lowest BCUT2D eigenvalue weighted by Crippen LogP contribution is -2.53. The number of benzene rings is 1. The first-order valence-electron chi connectivity index (χ1n) is 7.98.